The number of hydrogen-bond acceptors (Lipinski definition) is 3. The van der Waals surface area contributed by atoms with Crippen molar-refractivity contribution in [3.05, 3.63) is 53.7 Å². The number of benzene rings is 2. The van der Waals surface area contributed by atoms with Crippen LogP contribution in [-0.4, -0.2) is 21.2 Å². The lowest BCUT2D eigenvalue weighted by atomic mass is 10.1. The molecular formula is C15H13N3O2. The molecular weight excluding hydrogens is 254 g/mol. The molecule has 0 saturated carbocycles. The van der Waals surface area contributed by atoms with Crippen LogP contribution >= 0.6 is 0 Å². The molecule has 0 atom stereocenters. The minimum absolute atomic E-state index is 0.0249. The quantitative estimate of drug-likeness (QED) is 0.625. The van der Waals surface area contributed by atoms with Gasteiger partial charge < -0.3 is 10.4 Å². The van der Waals surface area contributed by atoms with Crippen molar-refractivity contribution in [2.24, 2.45) is 0 Å². The number of amides is 1. The lowest BCUT2D eigenvalue weighted by Crippen LogP contribution is -2.12. The highest BCUT2D eigenvalue weighted by Gasteiger charge is 2.15. The van der Waals surface area contributed by atoms with E-state index in [2.05, 4.69) is 15.5 Å². The van der Waals surface area contributed by atoms with E-state index in [0.717, 1.165) is 16.5 Å². The number of para-hydroxylation sites is 2. The summed E-state index contributed by atoms with van der Waals surface area (Å²) in [4.78, 5) is 12.2. The van der Waals surface area contributed by atoms with Gasteiger partial charge in [-0.15, -0.1) is 0 Å². The normalized spacial score (nSPS) is 10.7. The second kappa shape index (κ2) is 4.70. The number of aromatic nitrogens is 2. The van der Waals surface area contributed by atoms with Crippen LogP contribution in [0.25, 0.3) is 10.9 Å². The molecule has 5 heteroatoms. The van der Waals surface area contributed by atoms with Gasteiger partial charge >= 0.3 is 0 Å². The largest absolute Gasteiger partial charge is 0.506 e. The molecule has 3 rings (SSSR count). The van der Waals surface area contributed by atoms with Crippen molar-refractivity contribution in [1.82, 2.24) is 10.2 Å². The van der Waals surface area contributed by atoms with E-state index >= 15 is 0 Å². The zero-order chi connectivity index (χ0) is 14.1. The van der Waals surface area contributed by atoms with Gasteiger partial charge in [0.15, 0.2) is 5.69 Å². The second-order valence-corrected chi connectivity index (χ2v) is 4.59. The number of aromatic amines is 1. The number of H-pyrrole nitrogens is 1. The predicted molar refractivity (Wildman–Crippen MR) is 76.9 cm³/mol. The highest BCUT2D eigenvalue weighted by atomic mass is 16.3. The van der Waals surface area contributed by atoms with Gasteiger partial charge in [0.2, 0.25) is 0 Å². The summed E-state index contributed by atoms with van der Waals surface area (Å²) in [5.74, 6) is -0.333. The molecule has 1 aromatic heterocycles. The molecule has 2 aromatic carbocycles. The summed E-state index contributed by atoms with van der Waals surface area (Å²) in [5, 5.41) is 20.0. The van der Waals surface area contributed by atoms with Crippen LogP contribution in [0.2, 0.25) is 0 Å². The highest BCUT2D eigenvalue weighted by molar-refractivity contribution is 6.11. The molecule has 100 valence electrons. The maximum absolute atomic E-state index is 12.2. The zero-order valence-electron chi connectivity index (χ0n) is 10.8. The Morgan fingerprint density at radius 3 is 2.85 bits per heavy atom. The molecule has 3 aromatic rings. The first kappa shape index (κ1) is 12.2. The molecule has 0 aliphatic carbocycles. The summed E-state index contributed by atoms with van der Waals surface area (Å²) in [6, 6.07) is 12.3. The minimum Gasteiger partial charge on any atom is -0.506 e. The van der Waals surface area contributed by atoms with Crippen molar-refractivity contribution in [3.8, 4) is 5.75 Å². The van der Waals surface area contributed by atoms with Crippen LogP contribution < -0.4 is 5.32 Å². The third-order valence-electron chi connectivity index (χ3n) is 3.09. The number of carbonyl (C=O) groups excluding carboxylic acids is 1. The number of anilines is 1. The Labute approximate surface area is 115 Å². The molecule has 0 unspecified atom stereocenters. The van der Waals surface area contributed by atoms with Crippen molar-refractivity contribution in [3.63, 3.8) is 0 Å². The average Bonchev–Trinajstić information content (AvgIpc) is 2.84. The number of nitrogens with zero attached hydrogens (tertiary/aromatic N) is 1. The maximum Gasteiger partial charge on any atom is 0.276 e. The summed E-state index contributed by atoms with van der Waals surface area (Å²) in [5.41, 5.74) is 2.53. The van der Waals surface area contributed by atoms with E-state index in [-0.39, 0.29) is 11.7 Å². The van der Waals surface area contributed by atoms with Gasteiger partial charge in [-0.1, -0.05) is 23.8 Å². The Morgan fingerprint density at radius 2 is 2.05 bits per heavy atom. The average molecular weight is 267 g/mol. The van der Waals surface area contributed by atoms with Crippen molar-refractivity contribution >= 4 is 22.5 Å². The van der Waals surface area contributed by atoms with Gasteiger partial charge in [0.1, 0.15) is 5.75 Å². The number of aromatic hydroxyl groups is 1. The molecule has 1 heterocycles. The van der Waals surface area contributed by atoms with E-state index in [1.54, 1.807) is 18.2 Å². The van der Waals surface area contributed by atoms with Crippen LogP contribution in [0.1, 0.15) is 16.1 Å². The Balaban J connectivity index is 1.97. The predicted octanol–water partition coefficient (Wildman–Crippen LogP) is 2.83. The van der Waals surface area contributed by atoms with Crippen LogP contribution in [0.5, 0.6) is 5.75 Å². The zero-order valence-corrected chi connectivity index (χ0v) is 10.8. The minimum atomic E-state index is -0.358. The first-order valence-electron chi connectivity index (χ1n) is 6.19. The van der Waals surface area contributed by atoms with Crippen LogP contribution in [0.4, 0.5) is 5.69 Å². The maximum atomic E-state index is 12.2. The number of fused-ring (bicyclic) bond motifs is 1. The fraction of sp³-hybridized carbons (Fsp3) is 0.0667. The molecule has 0 aliphatic rings. The summed E-state index contributed by atoms with van der Waals surface area (Å²) >= 11 is 0. The van der Waals surface area contributed by atoms with Gasteiger partial charge in [-0.2, -0.15) is 5.10 Å². The Hall–Kier alpha value is -2.82. The monoisotopic (exact) mass is 267 g/mol. The lowest BCUT2D eigenvalue weighted by molar-refractivity contribution is 0.102. The number of nitrogens with one attached hydrogen (secondary N) is 2. The third kappa shape index (κ3) is 2.09. The van der Waals surface area contributed by atoms with Crippen LogP contribution in [0, 0.1) is 6.92 Å². The Bertz CT molecular complexity index is 793. The van der Waals surface area contributed by atoms with Gasteiger partial charge in [0, 0.05) is 5.39 Å². The van der Waals surface area contributed by atoms with E-state index in [9.17, 15) is 9.90 Å². The molecule has 0 spiro atoms. The van der Waals surface area contributed by atoms with Gasteiger partial charge in [0.25, 0.3) is 5.91 Å². The second-order valence-electron chi connectivity index (χ2n) is 4.59. The van der Waals surface area contributed by atoms with Crippen LogP contribution in [0.15, 0.2) is 42.5 Å². The first-order chi connectivity index (χ1) is 9.65. The smallest absolute Gasteiger partial charge is 0.276 e. The van der Waals surface area contributed by atoms with E-state index in [4.69, 9.17) is 0 Å². The number of phenolic OH excluding ortho intramolecular Hbond substituents is 1. The number of phenols is 1. The van der Waals surface area contributed by atoms with Crippen molar-refractivity contribution < 1.29 is 9.90 Å². The summed E-state index contributed by atoms with van der Waals surface area (Å²) in [7, 11) is 0. The summed E-state index contributed by atoms with van der Waals surface area (Å²) in [6.45, 7) is 1.96. The number of hydrogen-bond donors (Lipinski definition) is 3. The summed E-state index contributed by atoms with van der Waals surface area (Å²) in [6.07, 6.45) is 0. The summed E-state index contributed by atoms with van der Waals surface area (Å²) < 4.78 is 0. The third-order valence-corrected chi connectivity index (χ3v) is 3.09. The topological polar surface area (TPSA) is 78.0 Å². The fourth-order valence-electron chi connectivity index (χ4n) is 2.06. The molecule has 20 heavy (non-hydrogen) atoms. The highest BCUT2D eigenvalue weighted by Crippen LogP contribution is 2.23. The van der Waals surface area contributed by atoms with Crippen LogP contribution in [0.3, 0.4) is 0 Å². The molecule has 0 saturated heterocycles. The van der Waals surface area contributed by atoms with Crippen molar-refractivity contribution in [2.45, 2.75) is 6.92 Å². The molecule has 1 amide bonds. The van der Waals surface area contributed by atoms with Crippen molar-refractivity contribution in [1.29, 1.82) is 0 Å². The first-order valence-corrected chi connectivity index (χ1v) is 6.19. The van der Waals surface area contributed by atoms with Crippen molar-refractivity contribution in [2.75, 3.05) is 5.32 Å². The van der Waals surface area contributed by atoms with Crippen LogP contribution in [-0.2, 0) is 0 Å². The van der Waals surface area contributed by atoms with Gasteiger partial charge in [0.05, 0.1) is 11.2 Å². The molecule has 3 N–H and O–H groups in total. The van der Waals surface area contributed by atoms with Gasteiger partial charge in [-0.05, 0) is 31.2 Å². The van der Waals surface area contributed by atoms with Gasteiger partial charge in [-0.25, -0.2) is 0 Å². The molecule has 5 nitrogen and oxygen atoms in total. The fourth-order valence-corrected chi connectivity index (χ4v) is 2.06. The lowest BCUT2D eigenvalue weighted by Gasteiger charge is -2.05. The SMILES string of the molecule is Cc1ccc2[nH]nc(C(=O)Nc3ccccc3O)c2c1. The molecule has 0 aliphatic heterocycles. The van der Waals surface area contributed by atoms with E-state index in [1.165, 1.54) is 6.07 Å². The molecule has 0 radical (unpaired) electrons. The van der Waals surface area contributed by atoms with Gasteiger partial charge in [-0.3, -0.25) is 9.89 Å². The van der Waals surface area contributed by atoms with E-state index < -0.39 is 0 Å². The number of carbonyl (C=O) groups is 1. The number of aryl methyl sites for hydroxylation is 1. The van der Waals surface area contributed by atoms with E-state index in [1.807, 2.05) is 25.1 Å². The standard InChI is InChI=1S/C15H13N3O2/c1-9-6-7-11-10(8-9)14(18-17-11)15(20)16-12-4-2-3-5-13(12)19/h2-8,19H,1H3,(H,16,20)(H,17,18). The Morgan fingerprint density at radius 1 is 1.25 bits per heavy atom. The Kier molecular flexibility index (Phi) is 2.87. The number of rotatable bonds is 2. The molecule has 0 bridgehead atoms. The molecule has 0 fully saturated rings. The van der Waals surface area contributed by atoms with E-state index in [0.29, 0.717) is 11.4 Å².